The number of carbonyl (C=O) groups is 1. The minimum Gasteiger partial charge on any atom is -0.494 e. The van der Waals surface area contributed by atoms with Gasteiger partial charge in [0.25, 0.3) is 0 Å². The molecule has 0 aliphatic rings. The number of carboxylic acids is 1. The van der Waals surface area contributed by atoms with Crippen LogP contribution in [-0.4, -0.2) is 43.4 Å². The molecule has 5 nitrogen and oxygen atoms in total. The number of rotatable bonds is 14. The van der Waals surface area contributed by atoms with E-state index in [0.29, 0.717) is 23.9 Å². The quantitative estimate of drug-likeness (QED) is 0.0938. The van der Waals surface area contributed by atoms with E-state index in [1.54, 1.807) is 35.7 Å². The minimum atomic E-state index is -1.02. The van der Waals surface area contributed by atoms with E-state index in [9.17, 15) is 4.79 Å². The molecule has 0 atom stereocenters. The highest BCUT2D eigenvalue weighted by atomic mass is 32.2. The number of hydrogen-bond donors (Lipinski definition) is 1. The normalized spacial score (nSPS) is 10.7. The van der Waals surface area contributed by atoms with Gasteiger partial charge in [0.2, 0.25) is 0 Å². The Hall–Kier alpha value is -4.59. The Bertz CT molecular complexity index is 1750. The van der Waals surface area contributed by atoms with Crippen LogP contribution in [0.5, 0.6) is 11.5 Å². The zero-order chi connectivity index (χ0) is 33.2. The standard InChI is InChI=1S/C40H38O5S2/c1-5-43-38(25-44-34-20-21-37(27(2)22-34)45-26-39(41)42)40(30-16-12-28(13-17-30)32-8-6-10-35(23-32)46-3)31-18-14-29(15-19-31)33-9-7-11-36(24-33)47-4/h6-24H,5,25-26H2,1-4H3,(H,41,42). The highest BCUT2D eigenvalue weighted by Gasteiger charge is 2.16. The van der Waals surface area contributed by atoms with E-state index in [2.05, 4.69) is 110 Å². The molecule has 0 aromatic heterocycles. The van der Waals surface area contributed by atoms with E-state index in [0.717, 1.165) is 33.4 Å². The first-order chi connectivity index (χ1) is 22.9. The summed E-state index contributed by atoms with van der Waals surface area (Å²) >= 11 is 3.47. The maximum absolute atomic E-state index is 11.0. The van der Waals surface area contributed by atoms with Crippen molar-refractivity contribution in [3.05, 3.63) is 138 Å². The molecule has 240 valence electrons. The largest absolute Gasteiger partial charge is 0.494 e. The smallest absolute Gasteiger partial charge is 0.341 e. The number of hydrogen-bond acceptors (Lipinski definition) is 6. The molecule has 0 unspecified atom stereocenters. The highest BCUT2D eigenvalue weighted by molar-refractivity contribution is 7.98. The fraction of sp³-hybridized carbons (Fsp3) is 0.175. The number of aliphatic carboxylic acids is 1. The van der Waals surface area contributed by atoms with Crippen LogP contribution in [-0.2, 0) is 9.53 Å². The van der Waals surface area contributed by atoms with E-state index in [4.69, 9.17) is 19.3 Å². The molecule has 0 heterocycles. The van der Waals surface area contributed by atoms with Gasteiger partial charge in [0.05, 0.1) is 6.61 Å². The van der Waals surface area contributed by atoms with Crippen molar-refractivity contribution in [3.8, 4) is 33.8 Å². The summed E-state index contributed by atoms with van der Waals surface area (Å²) in [6, 6.07) is 39.7. The van der Waals surface area contributed by atoms with Gasteiger partial charge in [0.15, 0.2) is 6.61 Å². The number of aryl methyl sites for hydroxylation is 1. The summed E-state index contributed by atoms with van der Waals surface area (Å²) in [7, 11) is 0. The molecule has 0 spiro atoms. The van der Waals surface area contributed by atoms with Crippen molar-refractivity contribution < 1.29 is 24.1 Å². The highest BCUT2D eigenvalue weighted by Crippen LogP contribution is 2.34. The van der Waals surface area contributed by atoms with Crippen molar-refractivity contribution in [1.82, 2.24) is 0 Å². The first-order valence-corrected chi connectivity index (χ1v) is 17.8. The Morgan fingerprint density at radius 2 is 1.21 bits per heavy atom. The average molecular weight is 663 g/mol. The molecule has 47 heavy (non-hydrogen) atoms. The molecule has 0 amide bonds. The van der Waals surface area contributed by atoms with Crippen LogP contribution >= 0.6 is 23.5 Å². The van der Waals surface area contributed by atoms with Gasteiger partial charge in [0, 0.05) is 15.4 Å². The van der Waals surface area contributed by atoms with Crippen molar-refractivity contribution in [1.29, 1.82) is 0 Å². The lowest BCUT2D eigenvalue weighted by atomic mass is 9.93. The van der Waals surface area contributed by atoms with Crippen LogP contribution in [0.4, 0.5) is 0 Å². The van der Waals surface area contributed by atoms with Gasteiger partial charge in [-0.3, -0.25) is 0 Å². The van der Waals surface area contributed by atoms with Crippen molar-refractivity contribution in [2.24, 2.45) is 0 Å². The second kappa shape index (κ2) is 16.3. The number of carboxylic acid groups (broad SMARTS) is 1. The predicted octanol–water partition coefficient (Wildman–Crippen LogP) is 10.1. The lowest BCUT2D eigenvalue weighted by Crippen LogP contribution is -2.11. The van der Waals surface area contributed by atoms with Crippen LogP contribution in [0.25, 0.3) is 27.8 Å². The van der Waals surface area contributed by atoms with Crippen LogP contribution < -0.4 is 9.47 Å². The predicted molar refractivity (Wildman–Crippen MR) is 195 cm³/mol. The maximum Gasteiger partial charge on any atom is 0.341 e. The zero-order valence-electron chi connectivity index (χ0n) is 27.0. The van der Waals surface area contributed by atoms with Crippen LogP contribution in [0.15, 0.2) is 131 Å². The van der Waals surface area contributed by atoms with Crippen molar-refractivity contribution in [2.45, 2.75) is 23.6 Å². The molecule has 0 radical (unpaired) electrons. The summed E-state index contributed by atoms with van der Waals surface area (Å²) in [5.41, 5.74) is 8.41. The maximum atomic E-state index is 11.0. The summed E-state index contributed by atoms with van der Waals surface area (Å²) < 4.78 is 18.0. The second-order valence-electron chi connectivity index (χ2n) is 10.7. The number of benzene rings is 5. The monoisotopic (exact) mass is 662 g/mol. The molecule has 5 rings (SSSR count). The molecule has 7 heteroatoms. The summed E-state index contributed by atoms with van der Waals surface area (Å²) in [6.45, 7) is 4.11. The molecule has 0 aliphatic heterocycles. The average Bonchev–Trinajstić information content (AvgIpc) is 3.11. The number of thioether (sulfide) groups is 2. The lowest BCUT2D eigenvalue weighted by molar-refractivity contribution is -0.139. The molecule has 5 aromatic rings. The molecule has 0 bridgehead atoms. The molecule has 0 aliphatic carbocycles. The first kappa shape index (κ1) is 33.8. The summed E-state index contributed by atoms with van der Waals surface area (Å²) in [5, 5.41) is 8.97. The second-order valence-corrected chi connectivity index (χ2v) is 12.5. The van der Waals surface area contributed by atoms with Gasteiger partial charge in [0.1, 0.15) is 23.9 Å². The van der Waals surface area contributed by atoms with Gasteiger partial charge in [-0.1, -0.05) is 72.8 Å². The Morgan fingerprint density at radius 3 is 1.68 bits per heavy atom. The van der Waals surface area contributed by atoms with Gasteiger partial charge in [-0.15, -0.1) is 23.5 Å². The van der Waals surface area contributed by atoms with E-state index in [-0.39, 0.29) is 6.61 Å². The Balaban J connectivity index is 1.51. The Morgan fingerprint density at radius 1 is 0.660 bits per heavy atom. The fourth-order valence-electron chi connectivity index (χ4n) is 5.27. The third-order valence-electron chi connectivity index (χ3n) is 7.62. The Kier molecular flexibility index (Phi) is 11.7. The van der Waals surface area contributed by atoms with Crippen molar-refractivity contribution >= 4 is 35.1 Å². The van der Waals surface area contributed by atoms with Crippen LogP contribution in [0.2, 0.25) is 0 Å². The lowest BCUT2D eigenvalue weighted by Gasteiger charge is -2.19. The van der Waals surface area contributed by atoms with Gasteiger partial charge < -0.3 is 19.3 Å². The van der Waals surface area contributed by atoms with Crippen LogP contribution in [0.1, 0.15) is 23.6 Å². The molecular formula is C40H38O5S2. The molecule has 0 fully saturated rings. The number of ether oxygens (including phenoxy) is 3. The third-order valence-corrected chi connectivity index (χ3v) is 9.07. The van der Waals surface area contributed by atoms with E-state index in [1.165, 1.54) is 20.9 Å². The van der Waals surface area contributed by atoms with Gasteiger partial charge >= 0.3 is 5.97 Å². The summed E-state index contributed by atoms with van der Waals surface area (Å²) in [4.78, 5) is 13.4. The van der Waals surface area contributed by atoms with Crippen molar-refractivity contribution in [2.75, 3.05) is 32.3 Å². The van der Waals surface area contributed by atoms with Gasteiger partial charge in [-0.05, 0) is 108 Å². The first-order valence-electron chi connectivity index (χ1n) is 15.3. The topological polar surface area (TPSA) is 65.0 Å². The van der Waals surface area contributed by atoms with E-state index in [1.807, 2.05) is 19.9 Å². The molecule has 5 aromatic carbocycles. The van der Waals surface area contributed by atoms with Crippen LogP contribution in [0, 0.1) is 6.92 Å². The fourth-order valence-corrected chi connectivity index (χ4v) is 6.19. The van der Waals surface area contributed by atoms with Crippen LogP contribution in [0.3, 0.4) is 0 Å². The SMILES string of the molecule is CCOC(COc1ccc(OCC(=O)O)c(C)c1)=C(c1ccc(-c2cccc(SC)c2)cc1)c1ccc(-c2cccc(SC)c2)cc1. The zero-order valence-corrected chi connectivity index (χ0v) is 28.6. The summed E-state index contributed by atoms with van der Waals surface area (Å²) in [5.74, 6) is 0.833. The van der Waals surface area contributed by atoms with E-state index >= 15 is 0 Å². The molecular weight excluding hydrogens is 625 g/mol. The third kappa shape index (κ3) is 8.82. The molecule has 0 saturated heterocycles. The van der Waals surface area contributed by atoms with Gasteiger partial charge in [-0.2, -0.15) is 0 Å². The minimum absolute atomic E-state index is 0.201. The Labute approximate surface area is 285 Å². The van der Waals surface area contributed by atoms with Gasteiger partial charge in [-0.25, -0.2) is 4.79 Å². The molecule has 0 saturated carbocycles. The van der Waals surface area contributed by atoms with Crippen molar-refractivity contribution in [3.63, 3.8) is 0 Å². The van der Waals surface area contributed by atoms with E-state index < -0.39 is 12.6 Å². The summed E-state index contributed by atoms with van der Waals surface area (Å²) in [6.07, 6.45) is 4.18. The molecule has 1 N–H and O–H groups in total.